The average Bonchev–Trinajstić information content (AvgIpc) is 3.54. The summed E-state index contributed by atoms with van der Waals surface area (Å²) in [7, 11) is 0. The second kappa shape index (κ2) is 10.0. The van der Waals surface area contributed by atoms with Crippen LogP contribution in [0.5, 0.6) is 0 Å². The molecule has 4 rings (SSSR count). The molecule has 0 radical (unpaired) electrons. The number of aliphatic carboxylic acids is 2. The van der Waals surface area contributed by atoms with Gasteiger partial charge in [-0.1, -0.05) is 12.1 Å². The smallest absolute Gasteiger partial charge is 0.334 e. The van der Waals surface area contributed by atoms with Crippen molar-refractivity contribution in [2.75, 3.05) is 0 Å². The van der Waals surface area contributed by atoms with Crippen LogP contribution in [-0.4, -0.2) is 46.2 Å². The molecule has 0 atom stereocenters. The van der Waals surface area contributed by atoms with Gasteiger partial charge < -0.3 is 24.7 Å². The number of nitrogens with one attached hydrogen (secondary N) is 1. The number of nitrogens with zero attached hydrogens (tertiary/aromatic N) is 5. The molecule has 1 aliphatic heterocycles. The molecule has 3 N–H and O–H groups in total. The van der Waals surface area contributed by atoms with E-state index < -0.39 is 22.8 Å². The van der Waals surface area contributed by atoms with Gasteiger partial charge in [-0.25, -0.2) is 19.6 Å². The molecule has 0 saturated heterocycles. The quantitative estimate of drug-likeness (QED) is 0.293. The van der Waals surface area contributed by atoms with Crippen molar-refractivity contribution in [1.29, 1.82) is 0 Å². The Labute approximate surface area is 199 Å². The van der Waals surface area contributed by atoms with Crippen LogP contribution in [0.1, 0.15) is 24.3 Å². The number of carbonyl (C=O) groups is 2. The highest BCUT2D eigenvalue weighted by molar-refractivity contribution is 5.98. The van der Waals surface area contributed by atoms with Gasteiger partial charge in [0, 0.05) is 74.2 Å². The number of imidazole rings is 2. The fraction of sp³-hybridized carbons (Fsp3) is 0.217. The fourth-order valence-corrected chi connectivity index (χ4v) is 4.18. The number of non-ortho nitro benzene ring substituents is 1. The number of allylic oxidation sites excluding steroid dienone is 2. The second-order valence-corrected chi connectivity index (χ2v) is 7.91. The summed E-state index contributed by atoms with van der Waals surface area (Å²) in [6.07, 6.45) is 10.4. The third kappa shape index (κ3) is 5.11. The number of aromatic nitrogens is 4. The zero-order chi connectivity index (χ0) is 24.9. The van der Waals surface area contributed by atoms with E-state index in [1.165, 1.54) is 24.3 Å². The molecule has 0 spiro atoms. The highest BCUT2D eigenvalue weighted by Gasteiger charge is 2.38. The highest BCUT2D eigenvalue weighted by Crippen LogP contribution is 2.41. The molecule has 3 heterocycles. The SMILES string of the molecule is O=C(O)C1=C(CCn2ccnc2)NC(CCn2ccnc2)=C(C(=O)O)C1c1cccc([N+](=O)[O-])c1. The molecule has 1 aromatic carbocycles. The van der Waals surface area contributed by atoms with Crippen molar-refractivity contribution in [2.45, 2.75) is 31.8 Å². The van der Waals surface area contributed by atoms with E-state index in [4.69, 9.17) is 0 Å². The van der Waals surface area contributed by atoms with E-state index in [0.717, 1.165) is 0 Å². The molecule has 12 nitrogen and oxygen atoms in total. The number of carboxylic acids is 2. The van der Waals surface area contributed by atoms with Crippen molar-refractivity contribution < 1.29 is 24.7 Å². The van der Waals surface area contributed by atoms with E-state index in [9.17, 15) is 29.9 Å². The Balaban J connectivity index is 1.83. The first-order chi connectivity index (χ1) is 16.8. The maximum absolute atomic E-state index is 12.5. The Bertz CT molecular complexity index is 1240. The molecular formula is C23H22N6O6. The number of rotatable bonds is 10. The van der Waals surface area contributed by atoms with Gasteiger partial charge in [-0.05, 0) is 5.56 Å². The molecule has 12 heteroatoms. The molecule has 0 aliphatic carbocycles. The van der Waals surface area contributed by atoms with E-state index in [2.05, 4.69) is 15.3 Å². The first-order valence-corrected chi connectivity index (χ1v) is 10.7. The minimum atomic E-state index is -1.30. The third-order valence-corrected chi connectivity index (χ3v) is 5.76. The van der Waals surface area contributed by atoms with E-state index >= 15 is 0 Å². The van der Waals surface area contributed by atoms with Crippen molar-refractivity contribution in [3.63, 3.8) is 0 Å². The minimum absolute atomic E-state index is 0.158. The molecule has 0 amide bonds. The third-order valence-electron chi connectivity index (χ3n) is 5.76. The number of dihydropyridines is 1. The van der Waals surface area contributed by atoms with Gasteiger partial charge >= 0.3 is 11.9 Å². The predicted molar refractivity (Wildman–Crippen MR) is 122 cm³/mol. The summed E-state index contributed by atoms with van der Waals surface area (Å²) in [4.78, 5) is 43.7. The molecule has 3 aromatic rings. The predicted octanol–water partition coefficient (Wildman–Crippen LogP) is 2.53. The summed E-state index contributed by atoms with van der Waals surface area (Å²) in [6.45, 7) is 0.802. The maximum Gasteiger partial charge on any atom is 0.334 e. The second-order valence-electron chi connectivity index (χ2n) is 7.91. The lowest BCUT2D eigenvalue weighted by molar-refractivity contribution is -0.384. The number of hydrogen-bond donors (Lipinski definition) is 3. The molecule has 180 valence electrons. The van der Waals surface area contributed by atoms with Crippen LogP contribution in [0.3, 0.4) is 0 Å². The Morgan fingerprint density at radius 2 is 1.51 bits per heavy atom. The monoisotopic (exact) mass is 478 g/mol. The first-order valence-electron chi connectivity index (χ1n) is 10.7. The van der Waals surface area contributed by atoms with Crippen LogP contribution in [0.25, 0.3) is 0 Å². The van der Waals surface area contributed by atoms with Crippen LogP contribution >= 0.6 is 0 Å². The average molecular weight is 478 g/mol. The molecule has 0 fully saturated rings. The topological polar surface area (TPSA) is 165 Å². The van der Waals surface area contributed by atoms with Crippen LogP contribution in [-0.2, 0) is 22.7 Å². The number of nitro benzene ring substituents is 1. The van der Waals surface area contributed by atoms with Gasteiger partial charge in [-0.15, -0.1) is 0 Å². The van der Waals surface area contributed by atoms with Crippen molar-refractivity contribution in [3.05, 3.63) is 99.9 Å². The summed E-state index contributed by atoms with van der Waals surface area (Å²) in [5.41, 5.74) is 0.330. The number of nitro groups is 1. The van der Waals surface area contributed by atoms with Crippen LogP contribution in [0.4, 0.5) is 5.69 Å². The molecule has 35 heavy (non-hydrogen) atoms. The number of aryl methyl sites for hydroxylation is 2. The Morgan fingerprint density at radius 3 is 1.94 bits per heavy atom. The van der Waals surface area contributed by atoms with Gasteiger partial charge in [0.2, 0.25) is 0 Å². The molecule has 2 aromatic heterocycles. The van der Waals surface area contributed by atoms with E-state index in [1.807, 2.05) is 0 Å². The lowest BCUT2D eigenvalue weighted by Gasteiger charge is -2.31. The van der Waals surface area contributed by atoms with Crippen LogP contribution in [0.15, 0.2) is 84.2 Å². The summed E-state index contributed by atoms with van der Waals surface area (Å²) in [5, 5.41) is 34.8. The summed E-state index contributed by atoms with van der Waals surface area (Å²) < 4.78 is 3.55. The molecule has 0 saturated carbocycles. The summed E-state index contributed by atoms with van der Waals surface area (Å²) in [6, 6.07) is 5.43. The lowest BCUT2D eigenvalue weighted by atomic mass is 9.79. The number of benzene rings is 1. The van der Waals surface area contributed by atoms with E-state index in [1.54, 1.807) is 46.6 Å². The summed E-state index contributed by atoms with van der Waals surface area (Å²) >= 11 is 0. The largest absolute Gasteiger partial charge is 0.478 e. The number of hydrogen-bond acceptors (Lipinski definition) is 7. The van der Waals surface area contributed by atoms with Gasteiger partial charge in [0.25, 0.3) is 5.69 Å². The highest BCUT2D eigenvalue weighted by atomic mass is 16.6. The normalized spacial score (nSPS) is 14.2. The standard InChI is InChI=1S/C23H22N6O6/c30-22(31)20-17(4-8-27-10-6-24-13-27)26-18(5-9-28-11-7-25-14-28)21(23(32)33)19(20)15-2-1-3-16(12-15)29(34)35/h1-3,6-7,10-14,19,26H,4-5,8-9H2,(H,30,31)(H,32,33). The fourth-order valence-electron chi connectivity index (χ4n) is 4.18. The Kier molecular flexibility index (Phi) is 6.71. The van der Waals surface area contributed by atoms with Crippen LogP contribution in [0, 0.1) is 10.1 Å². The van der Waals surface area contributed by atoms with E-state index in [0.29, 0.717) is 24.5 Å². The van der Waals surface area contributed by atoms with Crippen molar-refractivity contribution in [1.82, 2.24) is 24.4 Å². The zero-order valence-electron chi connectivity index (χ0n) is 18.4. The van der Waals surface area contributed by atoms with Gasteiger partial charge in [0.05, 0.1) is 34.6 Å². The van der Waals surface area contributed by atoms with Gasteiger partial charge in [-0.3, -0.25) is 10.1 Å². The molecule has 0 bridgehead atoms. The molecule has 0 unspecified atom stereocenters. The van der Waals surface area contributed by atoms with Gasteiger partial charge in [0.15, 0.2) is 0 Å². The van der Waals surface area contributed by atoms with Crippen molar-refractivity contribution in [2.24, 2.45) is 0 Å². The zero-order valence-corrected chi connectivity index (χ0v) is 18.4. The van der Waals surface area contributed by atoms with E-state index in [-0.39, 0.29) is 35.2 Å². The van der Waals surface area contributed by atoms with Gasteiger partial charge in [-0.2, -0.15) is 0 Å². The van der Waals surface area contributed by atoms with Crippen LogP contribution < -0.4 is 5.32 Å². The number of carboxylic acid groups (broad SMARTS) is 2. The minimum Gasteiger partial charge on any atom is -0.478 e. The van der Waals surface area contributed by atoms with Gasteiger partial charge in [0.1, 0.15) is 0 Å². The lowest BCUT2D eigenvalue weighted by Crippen LogP contribution is -2.33. The van der Waals surface area contributed by atoms with Crippen molar-refractivity contribution >= 4 is 17.6 Å². The van der Waals surface area contributed by atoms with Crippen molar-refractivity contribution in [3.8, 4) is 0 Å². The maximum atomic E-state index is 12.5. The Morgan fingerprint density at radius 1 is 0.971 bits per heavy atom. The Hall–Kier alpha value is -4.74. The molecule has 1 aliphatic rings. The first kappa shape index (κ1) is 23.4. The summed E-state index contributed by atoms with van der Waals surface area (Å²) in [5.74, 6) is -3.81. The van der Waals surface area contributed by atoms with Crippen LogP contribution in [0.2, 0.25) is 0 Å². The molecular weight excluding hydrogens is 456 g/mol.